The van der Waals surface area contributed by atoms with Gasteiger partial charge >= 0.3 is 0 Å². The van der Waals surface area contributed by atoms with Crippen molar-refractivity contribution < 1.29 is 9.18 Å². The van der Waals surface area contributed by atoms with Crippen LogP contribution in [0.4, 0.5) is 4.39 Å². The van der Waals surface area contributed by atoms with Gasteiger partial charge in [0.25, 0.3) is 0 Å². The molecule has 0 aliphatic carbocycles. The fourth-order valence-corrected chi connectivity index (χ4v) is 3.16. The fourth-order valence-electron chi connectivity index (χ4n) is 2.09. The maximum absolute atomic E-state index is 13.1. The standard InChI is InChI=1S/C12H9FN2OS/c1-7-14-9(5-16)11-6-17-12-4-8(13)2-3-10(12)15(7)11/h2-5H,6H2,1H3. The van der Waals surface area contributed by atoms with E-state index >= 15 is 0 Å². The maximum Gasteiger partial charge on any atom is 0.170 e. The van der Waals surface area contributed by atoms with E-state index in [0.29, 0.717) is 11.4 Å². The first-order valence-corrected chi connectivity index (χ1v) is 6.15. The quantitative estimate of drug-likeness (QED) is 0.728. The van der Waals surface area contributed by atoms with Crippen LogP contribution in [0.25, 0.3) is 5.69 Å². The zero-order valence-electron chi connectivity index (χ0n) is 9.11. The Bertz CT molecular complexity index is 621. The molecule has 0 N–H and O–H groups in total. The lowest BCUT2D eigenvalue weighted by molar-refractivity contribution is 0.111. The normalized spacial score (nSPS) is 13.1. The number of thioether (sulfide) groups is 1. The second-order valence-electron chi connectivity index (χ2n) is 3.84. The molecular formula is C12H9FN2OS. The number of carbonyl (C=O) groups is 1. The van der Waals surface area contributed by atoms with Crippen LogP contribution >= 0.6 is 11.8 Å². The van der Waals surface area contributed by atoms with Gasteiger partial charge < -0.3 is 0 Å². The SMILES string of the molecule is Cc1nc(C=O)c2n1-c1ccc(F)cc1SC2. The molecule has 1 aromatic carbocycles. The molecule has 0 saturated heterocycles. The minimum atomic E-state index is -0.243. The summed E-state index contributed by atoms with van der Waals surface area (Å²) in [5.74, 6) is 1.16. The third-order valence-electron chi connectivity index (χ3n) is 2.81. The molecule has 0 bridgehead atoms. The number of rotatable bonds is 1. The van der Waals surface area contributed by atoms with E-state index in [0.717, 1.165) is 28.4 Å². The van der Waals surface area contributed by atoms with Crippen molar-refractivity contribution in [3.05, 3.63) is 41.2 Å². The lowest BCUT2D eigenvalue weighted by atomic mass is 10.2. The number of hydrogen-bond acceptors (Lipinski definition) is 3. The lowest BCUT2D eigenvalue weighted by Crippen LogP contribution is -2.08. The monoisotopic (exact) mass is 248 g/mol. The second-order valence-corrected chi connectivity index (χ2v) is 4.86. The highest BCUT2D eigenvalue weighted by atomic mass is 32.2. The Morgan fingerprint density at radius 1 is 1.53 bits per heavy atom. The number of aromatic nitrogens is 2. The van der Waals surface area contributed by atoms with Crippen LogP contribution in [0.2, 0.25) is 0 Å². The van der Waals surface area contributed by atoms with E-state index in [1.807, 2.05) is 11.5 Å². The average molecular weight is 248 g/mol. The summed E-state index contributed by atoms with van der Waals surface area (Å²) in [5.41, 5.74) is 2.27. The van der Waals surface area contributed by atoms with Gasteiger partial charge in [-0.3, -0.25) is 9.36 Å². The summed E-state index contributed by atoms with van der Waals surface area (Å²) in [6, 6.07) is 4.67. The lowest BCUT2D eigenvalue weighted by Gasteiger charge is -2.19. The predicted molar refractivity (Wildman–Crippen MR) is 63.2 cm³/mol. The van der Waals surface area contributed by atoms with Crippen molar-refractivity contribution in [2.24, 2.45) is 0 Å². The molecule has 2 aromatic rings. The second kappa shape index (κ2) is 3.70. The number of imidazole rings is 1. The van der Waals surface area contributed by atoms with E-state index in [1.165, 1.54) is 23.9 Å². The van der Waals surface area contributed by atoms with Gasteiger partial charge in [0, 0.05) is 10.6 Å². The highest BCUT2D eigenvalue weighted by Crippen LogP contribution is 2.37. The van der Waals surface area contributed by atoms with Gasteiger partial charge in [-0.2, -0.15) is 0 Å². The van der Waals surface area contributed by atoms with Gasteiger partial charge in [-0.25, -0.2) is 9.37 Å². The summed E-state index contributed by atoms with van der Waals surface area (Å²) in [5, 5.41) is 0. The Hall–Kier alpha value is -1.62. The Morgan fingerprint density at radius 3 is 3.12 bits per heavy atom. The minimum Gasteiger partial charge on any atom is -0.298 e. The molecule has 86 valence electrons. The van der Waals surface area contributed by atoms with Crippen molar-refractivity contribution in [2.75, 3.05) is 0 Å². The van der Waals surface area contributed by atoms with Crippen molar-refractivity contribution in [1.29, 1.82) is 0 Å². The first-order valence-electron chi connectivity index (χ1n) is 5.17. The fraction of sp³-hybridized carbons (Fsp3) is 0.167. The highest BCUT2D eigenvalue weighted by molar-refractivity contribution is 7.98. The zero-order chi connectivity index (χ0) is 12.0. The summed E-state index contributed by atoms with van der Waals surface area (Å²) in [6.07, 6.45) is 0.772. The summed E-state index contributed by atoms with van der Waals surface area (Å²) >= 11 is 1.53. The molecule has 0 saturated carbocycles. The third-order valence-corrected chi connectivity index (χ3v) is 3.87. The molecule has 0 amide bonds. The van der Waals surface area contributed by atoms with E-state index in [-0.39, 0.29) is 5.82 Å². The molecule has 0 fully saturated rings. The van der Waals surface area contributed by atoms with Gasteiger partial charge in [-0.05, 0) is 25.1 Å². The first-order chi connectivity index (χ1) is 8.20. The number of aldehydes is 1. The van der Waals surface area contributed by atoms with Crippen LogP contribution in [0.5, 0.6) is 0 Å². The Morgan fingerprint density at radius 2 is 2.35 bits per heavy atom. The van der Waals surface area contributed by atoms with Gasteiger partial charge in [0.15, 0.2) is 6.29 Å². The molecule has 3 nitrogen and oxygen atoms in total. The number of fused-ring (bicyclic) bond motifs is 3. The van der Waals surface area contributed by atoms with Crippen molar-refractivity contribution in [3.8, 4) is 5.69 Å². The van der Waals surface area contributed by atoms with Crippen LogP contribution < -0.4 is 0 Å². The van der Waals surface area contributed by atoms with Crippen LogP contribution in [0, 0.1) is 12.7 Å². The van der Waals surface area contributed by atoms with Crippen LogP contribution in [-0.2, 0) is 5.75 Å². The Kier molecular flexibility index (Phi) is 2.29. The van der Waals surface area contributed by atoms with Gasteiger partial charge in [0.05, 0.1) is 11.4 Å². The Labute approximate surface area is 102 Å². The molecule has 17 heavy (non-hydrogen) atoms. The molecule has 2 heterocycles. The Balaban J connectivity index is 2.29. The molecule has 0 atom stereocenters. The number of carbonyl (C=O) groups excluding carboxylic acids is 1. The number of halogens is 1. The largest absolute Gasteiger partial charge is 0.298 e. The molecular weight excluding hydrogens is 239 g/mol. The zero-order valence-corrected chi connectivity index (χ0v) is 9.92. The molecule has 1 aliphatic rings. The maximum atomic E-state index is 13.1. The van der Waals surface area contributed by atoms with Gasteiger partial charge in [0.2, 0.25) is 0 Å². The van der Waals surface area contributed by atoms with E-state index in [2.05, 4.69) is 4.98 Å². The molecule has 1 aliphatic heterocycles. The van der Waals surface area contributed by atoms with Crippen LogP contribution in [0.1, 0.15) is 22.0 Å². The summed E-state index contributed by atoms with van der Waals surface area (Å²) in [4.78, 5) is 16.0. The number of nitrogens with zero attached hydrogens (tertiary/aromatic N) is 2. The molecule has 5 heteroatoms. The smallest absolute Gasteiger partial charge is 0.170 e. The van der Waals surface area contributed by atoms with Gasteiger partial charge in [0.1, 0.15) is 17.3 Å². The summed E-state index contributed by atoms with van der Waals surface area (Å²) in [6.45, 7) is 1.85. The summed E-state index contributed by atoms with van der Waals surface area (Å²) in [7, 11) is 0. The average Bonchev–Trinajstić information content (AvgIpc) is 2.66. The van der Waals surface area contributed by atoms with E-state index in [4.69, 9.17) is 0 Å². The van der Waals surface area contributed by atoms with Crippen molar-refractivity contribution in [2.45, 2.75) is 17.6 Å². The predicted octanol–water partition coefficient (Wildman–Crippen LogP) is 2.74. The van der Waals surface area contributed by atoms with Crippen LogP contribution in [0.3, 0.4) is 0 Å². The number of aryl methyl sites for hydroxylation is 1. The van der Waals surface area contributed by atoms with Crippen LogP contribution in [-0.4, -0.2) is 15.8 Å². The summed E-state index contributed by atoms with van der Waals surface area (Å²) < 4.78 is 15.1. The van der Waals surface area contributed by atoms with Crippen molar-refractivity contribution in [1.82, 2.24) is 9.55 Å². The van der Waals surface area contributed by atoms with Crippen LogP contribution in [0.15, 0.2) is 23.1 Å². The van der Waals surface area contributed by atoms with Crippen molar-refractivity contribution >= 4 is 18.0 Å². The minimum absolute atomic E-state index is 0.243. The van der Waals surface area contributed by atoms with E-state index < -0.39 is 0 Å². The molecule has 0 radical (unpaired) electrons. The third kappa shape index (κ3) is 1.50. The first kappa shape index (κ1) is 10.5. The number of benzene rings is 1. The van der Waals surface area contributed by atoms with E-state index in [1.54, 1.807) is 6.07 Å². The van der Waals surface area contributed by atoms with Gasteiger partial charge in [-0.15, -0.1) is 11.8 Å². The molecule has 3 rings (SSSR count). The van der Waals surface area contributed by atoms with Crippen molar-refractivity contribution in [3.63, 3.8) is 0 Å². The topological polar surface area (TPSA) is 34.9 Å². The molecule has 1 aromatic heterocycles. The number of hydrogen-bond donors (Lipinski definition) is 0. The van der Waals surface area contributed by atoms with Gasteiger partial charge in [-0.1, -0.05) is 0 Å². The molecule has 0 unspecified atom stereocenters. The van der Waals surface area contributed by atoms with E-state index in [9.17, 15) is 9.18 Å². The molecule has 0 spiro atoms. The highest BCUT2D eigenvalue weighted by Gasteiger charge is 2.22.